The molecule has 5 aromatic rings. The SMILES string of the molecule is [2H]c1cc(N(c2cc(N(c3ccc4c(c3)CC(C)(C)C4)c3cc4c(o3)CC(C)(C)C4)cc(C([2H])([2H])[2H])c2)c2c([2H])c([2H])c3c(c2[2H])CC(C)(C)C3)c([2H])c2c1CC(C)(C)C2. The third-order valence-electron chi connectivity index (χ3n) is 11.7. The third-order valence-corrected chi connectivity index (χ3v) is 11.7. The quantitative estimate of drug-likeness (QED) is 0.176. The van der Waals surface area contributed by atoms with Crippen molar-refractivity contribution in [1.82, 2.24) is 0 Å². The van der Waals surface area contributed by atoms with E-state index in [1.807, 2.05) is 11.0 Å². The Morgan fingerprint density at radius 3 is 1.75 bits per heavy atom. The average molecular weight is 697 g/mol. The molecule has 0 atom stereocenters. The van der Waals surface area contributed by atoms with Gasteiger partial charge in [0.2, 0.25) is 5.88 Å². The summed E-state index contributed by atoms with van der Waals surface area (Å²) < 4.78 is 81.0. The van der Waals surface area contributed by atoms with Crippen LogP contribution in [0.15, 0.2) is 83.2 Å². The molecule has 0 saturated heterocycles. The molecule has 0 N–H and O–H groups in total. The average Bonchev–Trinajstić information content (AvgIpc) is 3.91. The van der Waals surface area contributed by atoms with E-state index >= 15 is 0 Å². The second-order valence-electron chi connectivity index (χ2n) is 19.4. The lowest BCUT2D eigenvalue weighted by Gasteiger charge is -2.30. The molecule has 0 bridgehead atoms. The number of fused-ring (bicyclic) bond motifs is 4. The predicted molar refractivity (Wildman–Crippen MR) is 218 cm³/mol. The van der Waals surface area contributed by atoms with Crippen LogP contribution < -0.4 is 9.80 Å². The maximum atomic E-state index is 9.79. The summed E-state index contributed by atoms with van der Waals surface area (Å²) in [6.07, 6.45) is 5.86. The van der Waals surface area contributed by atoms with Gasteiger partial charge in [0.15, 0.2) is 0 Å². The van der Waals surface area contributed by atoms with Gasteiger partial charge in [0.25, 0.3) is 0 Å². The van der Waals surface area contributed by atoms with Crippen LogP contribution in [0.3, 0.4) is 0 Å². The minimum absolute atomic E-state index is 0.0365. The third kappa shape index (κ3) is 6.08. The van der Waals surface area contributed by atoms with Crippen molar-refractivity contribution < 1.29 is 15.4 Å². The zero-order valence-corrected chi connectivity index (χ0v) is 32.1. The summed E-state index contributed by atoms with van der Waals surface area (Å²) in [6, 6.07) is 15.7. The molecule has 0 saturated carbocycles. The minimum atomic E-state index is -2.57. The highest BCUT2D eigenvalue weighted by molar-refractivity contribution is 5.84. The van der Waals surface area contributed by atoms with E-state index in [1.54, 1.807) is 23.1 Å². The molecule has 0 amide bonds. The first kappa shape index (κ1) is 25.7. The summed E-state index contributed by atoms with van der Waals surface area (Å²) in [5.41, 5.74) is 8.52. The standard InChI is InChI=1S/C49H56N2O/c1-31-16-42(50(39-13-10-32-23-46(2,3)26-35(32)18-39)40-14-11-33-24-47(4,5)27-36(33)19-40)22-43(17-31)51(45-21-38-29-49(8,9)30-44(38)52-45)41-15-12-34-25-48(6,7)28-37(34)20-41/h10-22H,23-30H2,1-9H3/i1D3,10D,11D,13D,18D,19D. The van der Waals surface area contributed by atoms with Crippen molar-refractivity contribution in [2.75, 3.05) is 9.80 Å². The van der Waals surface area contributed by atoms with Crippen molar-refractivity contribution in [3.63, 3.8) is 0 Å². The molecule has 3 heteroatoms. The predicted octanol–water partition coefficient (Wildman–Crippen LogP) is 13.0. The molecular formula is C49H56N2O. The molecule has 0 aliphatic heterocycles. The molecule has 1 aromatic heterocycles. The molecule has 4 aliphatic rings. The number of hydrogen-bond acceptors (Lipinski definition) is 3. The van der Waals surface area contributed by atoms with Gasteiger partial charge in [-0.3, -0.25) is 4.90 Å². The molecule has 52 heavy (non-hydrogen) atoms. The normalized spacial score (nSPS) is 22.1. The van der Waals surface area contributed by atoms with Crippen molar-refractivity contribution in [2.45, 2.75) is 114 Å². The summed E-state index contributed by atoms with van der Waals surface area (Å²) in [4.78, 5) is 3.63. The Morgan fingerprint density at radius 1 is 0.481 bits per heavy atom. The smallest absolute Gasteiger partial charge is 0.204 e. The highest BCUT2D eigenvalue weighted by atomic mass is 16.4. The first-order valence-electron chi connectivity index (χ1n) is 23.0. The van der Waals surface area contributed by atoms with E-state index < -0.39 is 6.85 Å². The summed E-state index contributed by atoms with van der Waals surface area (Å²) in [6.45, 7) is 14.9. The first-order chi connectivity index (χ1) is 27.8. The largest absolute Gasteiger partial charge is 0.445 e. The summed E-state index contributed by atoms with van der Waals surface area (Å²) in [5.74, 6) is 1.48. The maximum absolute atomic E-state index is 9.79. The summed E-state index contributed by atoms with van der Waals surface area (Å²) in [7, 11) is 0. The van der Waals surface area contributed by atoms with Gasteiger partial charge in [-0.25, -0.2) is 0 Å². The highest BCUT2D eigenvalue weighted by Crippen LogP contribution is 2.49. The van der Waals surface area contributed by atoms with Crippen LogP contribution in [0.5, 0.6) is 0 Å². The monoisotopic (exact) mass is 696 g/mol. The fraction of sp³-hybridized carbons (Fsp3) is 0.429. The number of benzene rings is 4. The molecular weight excluding hydrogens is 633 g/mol. The van der Waals surface area contributed by atoms with Gasteiger partial charge in [-0.05, 0) is 172 Å². The van der Waals surface area contributed by atoms with Gasteiger partial charge in [-0.15, -0.1) is 0 Å². The second kappa shape index (κ2) is 11.4. The number of nitrogens with zero attached hydrogens (tertiary/aromatic N) is 2. The Kier molecular flexibility index (Phi) is 5.62. The van der Waals surface area contributed by atoms with Gasteiger partial charge in [0.05, 0.1) is 12.5 Å². The summed E-state index contributed by atoms with van der Waals surface area (Å²) >= 11 is 0. The summed E-state index contributed by atoms with van der Waals surface area (Å²) in [5, 5.41) is 0. The van der Waals surface area contributed by atoms with Crippen LogP contribution in [0.2, 0.25) is 0 Å². The van der Waals surface area contributed by atoms with Gasteiger partial charge in [-0.1, -0.05) is 73.5 Å². The number of anilines is 6. The zero-order chi connectivity index (χ0) is 43.2. The van der Waals surface area contributed by atoms with E-state index in [-0.39, 0.29) is 68.8 Å². The van der Waals surface area contributed by atoms with E-state index in [0.717, 1.165) is 53.8 Å². The van der Waals surface area contributed by atoms with Crippen LogP contribution in [0, 0.1) is 28.5 Å². The van der Waals surface area contributed by atoms with Crippen molar-refractivity contribution in [1.29, 1.82) is 0 Å². The molecule has 4 aliphatic carbocycles. The van der Waals surface area contributed by atoms with Crippen LogP contribution in [-0.4, -0.2) is 0 Å². The van der Waals surface area contributed by atoms with E-state index in [9.17, 15) is 6.85 Å². The van der Waals surface area contributed by atoms with E-state index in [2.05, 4.69) is 79.7 Å². The Hall–Kier alpha value is -4.24. The van der Waals surface area contributed by atoms with E-state index in [0.29, 0.717) is 54.1 Å². The Morgan fingerprint density at radius 2 is 1.06 bits per heavy atom. The van der Waals surface area contributed by atoms with E-state index in [4.69, 9.17) is 8.53 Å². The molecule has 268 valence electrons. The van der Waals surface area contributed by atoms with Gasteiger partial charge in [-0.2, -0.15) is 0 Å². The fourth-order valence-corrected chi connectivity index (χ4v) is 9.55. The Labute approximate surface area is 323 Å². The lowest BCUT2D eigenvalue weighted by Crippen LogP contribution is -2.15. The highest BCUT2D eigenvalue weighted by Gasteiger charge is 2.35. The molecule has 9 rings (SSSR count). The minimum Gasteiger partial charge on any atom is -0.445 e. The first-order valence-corrected chi connectivity index (χ1v) is 19.0. The van der Waals surface area contributed by atoms with Gasteiger partial charge < -0.3 is 9.32 Å². The number of aryl methyl sites for hydroxylation is 1. The molecule has 3 nitrogen and oxygen atoms in total. The molecule has 0 spiro atoms. The zero-order valence-electron chi connectivity index (χ0n) is 40.1. The maximum Gasteiger partial charge on any atom is 0.204 e. The second-order valence-corrected chi connectivity index (χ2v) is 19.4. The number of rotatable bonds is 6. The Balaban J connectivity index is 1.33. The Bertz CT molecular complexity index is 2610. The molecule has 0 unspecified atom stereocenters. The lowest BCUT2D eigenvalue weighted by molar-refractivity contribution is 0.366. The van der Waals surface area contributed by atoms with Gasteiger partial charge >= 0.3 is 0 Å². The number of hydrogen-bond donors (Lipinski definition) is 0. The molecule has 0 fully saturated rings. The topological polar surface area (TPSA) is 19.6 Å². The van der Waals surface area contributed by atoms with Crippen LogP contribution in [-0.2, 0) is 51.4 Å². The van der Waals surface area contributed by atoms with Crippen LogP contribution in [0.25, 0.3) is 0 Å². The number of furan rings is 1. The van der Waals surface area contributed by atoms with Crippen molar-refractivity contribution >= 4 is 34.3 Å². The lowest BCUT2D eigenvalue weighted by atomic mass is 9.90. The van der Waals surface area contributed by atoms with Crippen molar-refractivity contribution in [3.8, 4) is 0 Å². The molecule has 4 aromatic carbocycles. The van der Waals surface area contributed by atoms with E-state index in [1.165, 1.54) is 11.1 Å². The fourth-order valence-electron chi connectivity index (χ4n) is 9.55. The van der Waals surface area contributed by atoms with Crippen LogP contribution >= 0.6 is 0 Å². The van der Waals surface area contributed by atoms with Crippen molar-refractivity contribution in [2.24, 2.45) is 21.7 Å². The van der Waals surface area contributed by atoms with Crippen molar-refractivity contribution in [3.05, 3.63) is 129 Å². The molecule has 0 radical (unpaired) electrons. The van der Waals surface area contributed by atoms with Crippen LogP contribution in [0.1, 0.15) is 117 Å². The molecule has 1 heterocycles. The van der Waals surface area contributed by atoms with Gasteiger partial charge in [0, 0.05) is 39.3 Å². The van der Waals surface area contributed by atoms with Crippen LogP contribution in [0.4, 0.5) is 34.3 Å². The van der Waals surface area contributed by atoms with Gasteiger partial charge in [0.1, 0.15) is 5.76 Å².